The minimum atomic E-state index is -0.134. The minimum Gasteiger partial charge on any atom is -0.396 e. The molecule has 0 aliphatic heterocycles. The number of amides is 1. The van der Waals surface area contributed by atoms with Gasteiger partial charge >= 0.3 is 0 Å². The van der Waals surface area contributed by atoms with Crippen LogP contribution in [-0.4, -0.2) is 24.2 Å². The van der Waals surface area contributed by atoms with Gasteiger partial charge in [0.2, 0.25) is 0 Å². The average Bonchev–Trinajstić information content (AvgIpc) is 2.16. The molecule has 1 aromatic carbocycles. The molecule has 0 aliphatic carbocycles. The van der Waals surface area contributed by atoms with E-state index < -0.39 is 0 Å². The first-order valence-corrected chi connectivity index (χ1v) is 6.07. The van der Waals surface area contributed by atoms with Gasteiger partial charge in [0.25, 0.3) is 5.91 Å². The summed E-state index contributed by atoms with van der Waals surface area (Å²) >= 11 is 6.63. The van der Waals surface area contributed by atoms with Crippen molar-refractivity contribution in [3.63, 3.8) is 0 Å². The Labute approximate surface area is 105 Å². The van der Waals surface area contributed by atoms with Gasteiger partial charge in [0, 0.05) is 27.7 Å². The summed E-state index contributed by atoms with van der Waals surface area (Å²) in [5, 5.41) is 11.3. The SMILES string of the molecule is O=C(NCCCO)c1cc(Br)cc(Br)c1. The number of aliphatic hydroxyl groups excluding tert-OH is 1. The Morgan fingerprint density at radius 3 is 2.40 bits per heavy atom. The van der Waals surface area contributed by atoms with E-state index in [4.69, 9.17) is 5.11 Å². The molecular formula is C10H11Br2NO2. The number of halogens is 2. The highest BCUT2D eigenvalue weighted by Gasteiger charge is 2.06. The fourth-order valence-corrected chi connectivity index (χ4v) is 2.36. The number of carbonyl (C=O) groups is 1. The van der Waals surface area contributed by atoms with Crippen LogP contribution < -0.4 is 5.32 Å². The zero-order valence-electron chi connectivity index (χ0n) is 7.96. The molecule has 1 amide bonds. The Bertz CT molecular complexity index is 335. The smallest absolute Gasteiger partial charge is 0.251 e. The van der Waals surface area contributed by atoms with Crippen LogP contribution >= 0.6 is 31.9 Å². The topological polar surface area (TPSA) is 49.3 Å². The number of aliphatic hydroxyl groups is 1. The highest BCUT2D eigenvalue weighted by atomic mass is 79.9. The summed E-state index contributed by atoms with van der Waals surface area (Å²) in [6.45, 7) is 0.571. The molecule has 15 heavy (non-hydrogen) atoms. The molecule has 0 heterocycles. The summed E-state index contributed by atoms with van der Waals surface area (Å²) in [7, 11) is 0. The lowest BCUT2D eigenvalue weighted by molar-refractivity contribution is 0.0951. The minimum absolute atomic E-state index is 0.0858. The van der Waals surface area contributed by atoms with Gasteiger partial charge in [-0.1, -0.05) is 31.9 Å². The Hall–Kier alpha value is -0.390. The van der Waals surface area contributed by atoms with E-state index in [-0.39, 0.29) is 12.5 Å². The lowest BCUT2D eigenvalue weighted by atomic mass is 10.2. The van der Waals surface area contributed by atoms with Gasteiger partial charge < -0.3 is 10.4 Å². The van der Waals surface area contributed by atoms with Crippen LogP contribution in [0.25, 0.3) is 0 Å². The Balaban J connectivity index is 2.65. The van der Waals surface area contributed by atoms with E-state index in [0.29, 0.717) is 18.5 Å². The van der Waals surface area contributed by atoms with Crippen molar-refractivity contribution in [2.45, 2.75) is 6.42 Å². The standard InChI is InChI=1S/C10H11Br2NO2/c11-8-4-7(5-9(12)6-8)10(15)13-2-1-3-14/h4-6,14H,1-3H2,(H,13,15). The molecule has 0 aromatic heterocycles. The van der Waals surface area contributed by atoms with Crippen LogP contribution in [0.3, 0.4) is 0 Å². The first-order chi connectivity index (χ1) is 7.13. The summed E-state index contributed by atoms with van der Waals surface area (Å²) < 4.78 is 1.70. The predicted molar refractivity (Wildman–Crippen MR) is 65.9 cm³/mol. The number of hydrogen-bond acceptors (Lipinski definition) is 2. The van der Waals surface area contributed by atoms with Crippen LogP contribution in [0, 0.1) is 0 Å². The van der Waals surface area contributed by atoms with Crippen LogP contribution in [0.5, 0.6) is 0 Å². The van der Waals surface area contributed by atoms with Gasteiger partial charge in [0.05, 0.1) is 0 Å². The summed E-state index contributed by atoms with van der Waals surface area (Å²) in [5.74, 6) is -0.134. The van der Waals surface area contributed by atoms with E-state index in [9.17, 15) is 4.79 Å². The molecule has 3 nitrogen and oxygen atoms in total. The molecule has 0 unspecified atom stereocenters. The van der Waals surface area contributed by atoms with E-state index in [1.165, 1.54) is 0 Å². The molecule has 0 saturated carbocycles. The molecule has 0 aliphatic rings. The van der Waals surface area contributed by atoms with E-state index in [1.54, 1.807) is 12.1 Å². The first-order valence-electron chi connectivity index (χ1n) is 4.48. The fourth-order valence-electron chi connectivity index (χ4n) is 1.07. The maximum atomic E-state index is 11.6. The van der Waals surface area contributed by atoms with Crippen molar-refractivity contribution < 1.29 is 9.90 Å². The third kappa shape index (κ3) is 4.32. The Morgan fingerprint density at radius 2 is 1.87 bits per heavy atom. The number of nitrogens with one attached hydrogen (secondary N) is 1. The monoisotopic (exact) mass is 335 g/mol. The van der Waals surface area contributed by atoms with Gasteiger partial charge in [-0.15, -0.1) is 0 Å². The van der Waals surface area contributed by atoms with E-state index in [1.807, 2.05) is 6.07 Å². The predicted octanol–water partition coefficient (Wildman–Crippen LogP) is 2.32. The number of benzene rings is 1. The second-order valence-electron chi connectivity index (χ2n) is 2.99. The average molecular weight is 337 g/mol. The van der Waals surface area contributed by atoms with Gasteiger partial charge in [-0.05, 0) is 24.6 Å². The first kappa shape index (κ1) is 12.7. The molecule has 1 rings (SSSR count). The number of hydrogen-bond donors (Lipinski definition) is 2. The molecule has 0 bridgehead atoms. The maximum Gasteiger partial charge on any atom is 0.251 e. The van der Waals surface area contributed by atoms with Crippen molar-refractivity contribution in [3.05, 3.63) is 32.7 Å². The van der Waals surface area contributed by atoms with Gasteiger partial charge in [-0.3, -0.25) is 4.79 Å². The van der Waals surface area contributed by atoms with Crippen LogP contribution in [0.1, 0.15) is 16.8 Å². The normalized spacial score (nSPS) is 10.1. The molecule has 82 valence electrons. The molecular weight excluding hydrogens is 326 g/mol. The van der Waals surface area contributed by atoms with Gasteiger partial charge in [0.15, 0.2) is 0 Å². The van der Waals surface area contributed by atoms with Crippen molar-refractivity contribution in [1.82, 2.24) is 5.32 Å². The number of carbonyl (C=O) groups excluding carboxylic acids is 1. The maximum absolute atomic E-state index is 11.6. The van der Waals surface area contributed by atoms with E-state index in [2.05, 4.69) is 37.2 Å². The highest BCUT2D eigenvalue weighted by molar-refractivity contribution is 9.11. The quantitative estimate of drug-likeness (QED) is 0.829. The van der Waals surface area contributed by atoms with Gasteiger partial charge in [-0.2, -0.15) is 0 Å². The van der Waals surface area contributed by atoms with Crippen LogP contribution in [0.4, 0.5) is 0 Å². The van der Waals surface area contributed by atoms with E-state index in [0.717, 1.165) is 8.95 Å². The van der Waals surface area contributed by atoms with Gasteiger partial charge in [0.1, 0.15) is 0 Å². The molecule has 0 spiro atoms. The second-order valence-corrected chi connectivity index (χ2v) is 4.82. The van der Waals surface area contributed by atoms with Crippen LogP contribution in [0.15, 0.2) is 27.1 Å². The molecule has 2 N–H and O–H groups in total. The van der Waals surface area contributed by atoms with Crippen LogP contribution in [-0.2, 0) is 0 Å². The Morgan fingerprint density at radius 1 is 1.27 bits per heavy atom. The van der Waals surface area contributed by atoms with Crippen LogP contribution in [0.2, 0.25) is 0 Å². The second kappa shape index (κ2) is 6.25. The summed E-state index contributed by atoms with van der Waals surface area (Å²) in [6, 6.07) is 5.36. The van der Waals surface area contributed by atoms with Crippen molar-refractivity contribution in [1.29, 1.82) is 0 Å². The van der Waals surface area contributed by atoms with E-state index >= 15 is 0 Å². The lowest BCUT2D eigenvalue weighted by Crippen LogP contribution is -2.24. The van der Waals surface area contributed by atoms with Crippen molar-refractivity contribution in [2.24, 2.45) is 0 Å². The van der Waals surface area contributed by atoms with Crippen molar-refractivity contribution in [3.8, 4) is 0 Å². The van der Waals surface area contributed by atoms with Crippen molar-refractivity contribution in [2.75, 3.05) is 13.2 Å². The zero-order chi connectivity index (χ0) is 11.3. The third-order valence-corrected chi connectivity index (χ3v) is 2.66. The lowest BCUT2D eigenvalue weighted by Gasteiger charge is -2.05. The van der Waals surface area contributed by atoms with Crippen molar-refractivity contribution >= 4 is 37.8 Å². The largest absolute Gasteiger partial charge is 0.396 e. The molecule has 5 heteroatoms. The summed E-state index contributed by atoms with van der Waals surface area (Å²) in [4.78, 5) is 11.6. The fraction of sp³-hybridized carbons (Fsp3) is 0.300. The molecule has 0 fully saturated rings. The number of rotatable bonds is 4. The molecule has 0 radical (unpaired) electrons. The molecule has 0 saturated heterocycles. The zero-order valence-corrected chi connectivity index (χ0v) is 11.1. The highest BCUT2D eigenvalue weighted by Crippen LogP contribution is 2.19. The third-order valence-electron chi connectivity index (χ3n) is 1.75. The molecule has 0 atom stereocenters. The Kier molecular flexibility index (Phi) is 5.28. The summed E-state index contributed by atoms with van der Waals surface area (Å²) in [6.07, 6.45) is 0.570. The molecule has 1 aromatic rings. The summed E-state index contributed by atoms with van der Waals surface area (Å²) in [5.41, 5.74) is 0.592. The van der Waals surface area contributed by atoms with Gasteiger partial charge in [-0.25, -0.2) is 0 Å².